The number of likely N-dealkylation sites (tertiary alicyclic amines) is 1. The molecule has 0 bridgehead atoms. The molecule has 1 saturated heterocycles. The zero-order valence-electron chi connectivity index (χ0n) is 12.1. The Hall–Kier alpha value is -1.14. The standard InChI is InChI=1S/C14H23N3O2S/c1-2-19-13(18)10-12-11-20-14(16-12)15-6-9-17-7-4-3-5-8-17/h11H,2-10H2,1H3,(H,15,16). The predicted octanol–water partition coefficient (Wildman–Crippen LogP) is 2.15. The van der Waals surface area contributed by atoms with E-state index in [-0.39, 0.29) is 12.4 Å². The third-order valence-electron chi connectivity index (χ3n) is 3.34. The molecule has 1 aromatic rings. The Kier molecular flexibility index (Phi) is 6.26. The quantitative estimate of drug-likeness (QED) is 0.782. The molecule has 1 fully saturated rings. The summed E-state index contributed by atoms with van der Waals surface area (Å²) in [5, 5.41) is 6.14. The van der Waals surface area contributed by atoms with Crippen molar-refractivity contribution in [2.24, 2.45) is 0 Å². The van der Waals surface area contributed by atoms with Gasteiger partial charge in [-0.25, -0.2) is 4.98 Å². The van der Waals surface area contributed by atoms with Gasteiger partial charge in [0, 0.05) is 18.5 Å². The molecule has 0 saturated carbocycles. The van der Waals surface area contributed by atoms with Crippen molar-refractivity contribution in [1.29, 1.82) is 0 Å². The van der Waals surface area contributed by atoms with E-state index in [2.05, 4.69) is 15.2 Å². The van der Waals surface area contributed by atoms with E-state index in [0.29, 0.717) is 6.61 Å². The molecule has 6 heteroatoms. The number of thiazole rings is 1. The number of nitrogens with zero attached hydrogens (tertiary/aromatic N) is 2. The van der Waals surface area contributed by atoms with Crippen LogP contribution in [0.5, 0.6) is 0 Å². The maximum absolute atomic E-state index is 11.4. The van der Waals surface area contributed by atoms with Crippen LogP contribution in [0.1, 0.15) is 31.9 Å². The van der Waals surface area contributed by atoms with Gasteiger partial charge in [0.2, 0.25) is 0 Å². The summed E-state index contributed by atoms with van der Waals surface area (Å²) in [5.41, 5.74) is 0.786. The topological polar surface area (TPSA) is 54.5 Å². The number of carbonyl (C=O) groups is 1. The number of rotatable bonds is 7. The summed E-state index contributed by atoms with van der Waals surface area (Å²) in [6.45, 7) is 6.64. The van der Waals surface area contributed by atoms with E-state index in [1.165, 1.54) is 32.4 Å². The van der Waals surface area contributed by atoms with Crippen molar-refractivity contribution in [3.05, 3.63) is 11.1 Å². The highest BCUT2D eigenvalue weighted by atomic mass is 32.1. The summed E-state index contributed by atoms with van der Waals surface area (Å²) in [4.78, 5) is 18.3. The van der Waals surface area contributed by atoms with Gasteiger partial charge in [-0.3, -0.25) is 4.79 Å². The van der Waals surface area contributed by atoms with E-state index in [4.69, 9.17) is 4.74 Å². The highest BCUT2D eigenvalue weighted by molar-refractivity contribution is 7.13. The monoisotopic (exact) mass is 297 g/mol. The molecule has 0 atom stereocenters. The molecule has 0 aliphatic carbocycles. The summed E-state index contributed by atoms with van der Waals surface area (Å²) >= 11 is 1.55. The van der Waals surface area contributed by atoms with Crippen molar-refractivity contribution >= 4 is 22.4 Å². The van der Waals surface area contributed by atoms with Crippen LogP contribution in [0.25, 0.3) is 0 Å². The van der Waals surface area contributed by atoms with Crippen molar-refractivity contribution in [2.75, 3.05) is 38.1 Å². The van der Waals surface area contributed by atoms with Crippen molar-refractivity contribution in [3.8, 4) is 0 Å². The van der Waals surface area contributed by atoms with Gasteiger partial charge in [0.15, 0.2) is 5.13 Å². The molecule has 112 valence electrons. The Labute approximate surface area is 124 Å². The molecule has 1 aliphatic heterocycles. The van der Waals surface area contributed by atoms with Crippen molar-refractivity contribution in [2.45, 2.75) is 32.6 Å². The van der Waals surface area contributed by atoms with E-state index in [1.807, 2.05) is 12.3 Å². The fourth-order valence-electron chi connectivity index (χ4n) is 2.33. The molecule has 2 rings (SSSR count). The number of nitrogens with one attached hydrogen (secondary N) is 1. The maximum atomic E-state index is 11.4. The second kappa shape index (κ2) is 8.21. The van der Waals surface area contributed by atoms with Gasteiger partial charge in [-0.05, 0) is 32.9 Å². The van der Waals surface area contributed by atoms with E-state index in [1.54, 1.807) is 11.3 Å². The van der Waals surface area contributed by atoms with E-state index in [9.17, 15) is 4.79 Å². The number of piperidine rings is 1. The number of ether oxygens (including phenoxy) is 1. The maximum Gasteiger partial charge on any atom is 0.311 e. The minimum absolute atomic E-state index is 0.210. The van der Waals surface area contributed by atoms with Gasteiger partial charge in [-0.15, -0.1) is 11.3 Å². The molecule has 0 spiro atoms. The Morgan fingerprint density at radius 3 is 3.00 bits per heavy atom. The van der Waals surface area contributed by atoms with Gasteiger partial charge < -0.3 is 15.0 Å². The molecule has 0 radical (unpaired) electrons. The largest absolute Gasteiger partial charge is 0.466 e. The number of carbonyl (C=O) groups excluding carboxylic acids is 1. The summed E-state index contributed by atoms with van der Waals surface area (Å²) in [6.07, 6.45) is 4.27. The normalized spacial score (nSPS) is 16.1. The molecule has 1 aromatic heterocycles. The molecular formula is C14H23N3O2S. The molecule has 2 heterocycles. The lowest BCUT2D eigenvalue weighted by atomic mass is 10.1. The predicted molar refractivity (Wildman–Crippen MR) is 81.2 cm³/mol. The zero-order valence-corrected chi connectivity index (χ0v) is 12.9. The lowest BCUT2D eigenvalue weighted by Crippen LogP contribution is -2.33. The number of anilines is 1. The molecule has 0 aromatic carbocycles. The second-order valence-corrected chi connectivity index (χ2v) is 5.81. The lowest BCUT2D eigenvalue weighted by molar-refractivity contribution is -0.142. The minimum atomic E-state index is -0.210. The van der Waals surface area contributed by atoms with Crippen LogP contribution in [0.2, 0.25) is 0 Å². The fraction of sp³-hybridized carbons (Fsp3) is 0.714. The molecule has 0 unspecified atom stereocenters. The first-order valence-corrected chi connectivity index (χ1v) is 8.22. The number of hydrogen-bond acceptors (Lipinski definition) is 6. The fourth-order valence-corrected chi connectivity index (χ4v) is 3.07. The average Bonchev–Trinajstić information content (AvgIpc) is 2.88. The van der Waals surface area contributed by atoms with Crippen molar-refractivity contribution in [1.82, 2.24) is 9.88 Å². The number of aromatic nitrogens is 1. The Balaban J connectivity index is 1.68. The molecule has 0 amide bonds. The van der Waals surface area contributed by atoms with E-state index < -0.39 is 0 Å². The Morgan fingerprint density at radius 2 is 2.25 bits per heavy atom. The summed E-state index contributed by atoms with van der Waals surface area (Å²) in [5.74, 6) is -0.210. The Morgan fingerprint density at radius 1 is 1.45 bits per heavy atom. The average molecular weight is 297 g/mol. The van der Waals surface area contributed by atoms with Crippen LogP contribution in [0, 0.1) is 0 Å². The first-order valence-electron chi connectivity index (χ1n) is 7.34. The third-order valence-corrected chi connectivity index (χ3v) is 4.18. The SMILES string of the molecule is CCOC(=O)Cc1csc(NCCN2CCCCC2)n1. The van der Waals surface area contributed by atoms with Crippen LogP contribution in [0.15, 0.2) is 5.38 Å². The highest BCUT2D eigenvalue weighted by Gasteiger charge is 2.10. The summed E-state index contributed by atoms with van der Waals surface area (Å²) < 4.78 is 4.91. The first kappa shape index (κ1) is 15.3. The van der Waals surface area contributed by atoms with Gasteiger partial charge in [0.1, 0.15) is 0 Å². The lowest BCUT2D eigenvalue weighted by Gasteiger charge is -2.26. The summed E-state index contributed by atoms with van der Waals surface area (Å²) in [6, 6.07) is 0. The zero-order chi connectivity index (χ0) is 14.2. The van der Waals surface area contributed by atoms with Crippen molar-refractivity contribution in [3.63, 3.8) is 0 Å². The number of esters is 1. The second-order valence-electron chi connectivity index (χ2n) is 4.95. The molecule has 5 nitrogen and oxygen atoms in total. The van der Waals surface area contributed by atoms with E-state index >= 15 is 0 Å². The molecule has 1 aliphatic rings. The highest BCUT2D eigenvalue weighted by Crippen LogP contribution is 2.16. The van der Waals surface area contributed by atoms with E-state index in [0.717, 1.165) is 23.9 Å². The van der Waals surface area contributed by atoms with Crippen LogP contribution in [0.3, 0.4) is 0 Å². The van der Waals surface area contributed by atoms with Gasteiger partial charge in [-0.2, -0.15) is 0 Å². The van der Waals surface area contributed by atoms with Gasteiger partial charge in [0.05, 0.1) is 18.7 Å². The van der Waals surface area contributed by atoms with Crippen LogP contribution in [0.4, 0.5) is 5.13 Å². The first-order chi connectivity index (χ1) is 9.78. The Bertz CT molecular complexity index is 416. The van der Waals surface area contributed by atoms with Gasteiger partial charge in [-0.1, -0.05) is 6.42 Å². The molecule has 20 heavy (non-hydrogen) atoms. The summed E-state index contributed by atoms with van der Waals surface area (Å²) in [7, 11) is 0. The smallest absolute Gasteiger partial charge is 0.311 e. The van der Waals surface area contributed by atoms with Crippen molar-refractivity contribution < 1.29 is 9.53 Å². The number of hydrogen-bond donors (Lipinski definition) is 1. The van der Waals surface area contributed by atoms with Crippen LogP contribution < -0.4 is 5.32 Å². The molecule has 1 N–H and O–H groups in total. The minimum Gasteiger partial charge on any atom is -0.466 e. The van der Waals surface area contributed by atoms with Gasteiger partial charge in [0.25, 0.3) is 0 Å². The van der Waals surface area contributed by atoms with Gasteiger partial charge >= 0.3 is 5.97 Å². The molecular weight excluding hydrogens is 274 g/mol. The van der Waals surface area contributed by atoms with Crippen LogP contribution >= 0.6 is 11.3 Å². The van der Waals surface area contributed by atoms with Crippen LogP contribution in [-0.2, 0) is 16.0 Å². The third kappa shape index (κ3) is 5.09. The van der Waals surface area contributed by atoms with Crippen LogP contribution in [-0.4, -0.2) is 48.6 Å².